The molecule has 6 rings (SSSR count). The number of phenols is 1. The fraction of sp³-hybridized carbons (Fsp3) is 0.364. The van der Waals surface area contributed by atoms with Gasteiger partial charge in [-0.2, -0.15) is 5.10 Å². The number of aliphatic hydroxyl groups is 1. The average molecular weight is 433 g/mol. The topological polar surface area (TPSA) is 71.2 Å². The van der Waals surface area contributed by atoms with Crippen LogP contribution in [0.1, 0.15) is 30.4 Å². The number of nitrogens with zero attached hydrogens (tertiary/aromatic N) is 3. The molecule has 0 saturated heterocycles. The van der Waals surface area contributed by atoms with Crippen molar-refractivity contribution in [3.05, 3.63) is 77.9 Å². The average Bonchev–Trinajstić information content (AvgIpc) is 3.13. The molecule has 2 aromatic carbocycles. The van der Waals surface area contributed by atoms with E-state index in [1.54, 1.807) is 12.1 Å². The van der Waals surface area contributed by atoms with Crippen LogP contribution in [0.3, 0.4) is 0 Å². The van der Waals surface area contributed by atoms with E-state index in [1.807, 2.05) is 0 Å². The molecule has 0 radical (unpaired) electrons. The van der Waals surface area contributed by atoms with E-state index in [1.165, 1.54) is 12.1 Å². The van der Waals surface area contributed by atoms with E-state index in [0.29, 0.717) is 6.07 Å². The highest BCUT2D eigenvalue weighted by molar-refractivity contribution is 5.44. The van der Waals surface area contributed by atoms with Crippen molar-refractivity contribution in [1.82, 2.24) is 14.8 Å². The van der Waals surface area contributed by atoms with Gasteiger partial charge in [-0.25, -0.2) is 27.2 Å². The van der Waals surface area contributed by atoms with Crippen molar-refractivity contribution >= 4 is 0 Å². The van der Waals surface area contributed by atoms with Gasteiger partial charge in [-0.15, -0.1) is 0 Å². The molecule has 9 heteroatoms. The van der Waals surface area contributed by atoms with Gasteiger partial charge < -0.3 is 10.2 Å². The summed E-state index contributed by atoms with van der Waals surface area (Å²) in [4.78, 5) is 3.70. The van der Waals surface area contributed by atoms with Gasteiger partial charge in [0.15, 0.2) is 5.60 Å². The molecule has 162 valence electrons. The molecule has 1 atom stereocenters. The number of phenolic OH excluding ortho intramolecular Hbond substituents is 1. The van der Waals surface area contributed by atoms with E-state index in [2.05, 4.69) is 10.1 Å². The standard InChI is InChI=1S/C22H19F4N3O2/c23-15-3-6-17(18(24)7-15)21(31,11-29-13-27-12-28-29)22(25,26)20-8-19(9-20,10-20)14-1-4-16(30)5-2-14/h1-7,12-13,30-31H,8-11H2. The minimum atomic E-state index is -3.73. The summed E-state index contributed by atoms with van der Waals surface area (Å²) in [6, 6.07) is 8.62. The molecule has 2 bridgehead atoms. The lowest BCUT2D eigenvalue weighted by Gasteiger charge is -2.74. The fourth-order valence-corrected chi connectivity index (χ4v) is 5.41. The van der Waals surface area contributed by atoms with Crippen molar-refractivity contribution in [3.63, 3.8) is 0 Å². The molecule has 0 spiro atoms. The van der Waals surface area contributed by atoms with Crippen molar-refractivity contribution in [2.75, 3.05) is 0 Å². The molecule has 1 unspecified atom stereocenters. The molecule has 2 N–H and O–H groups in total. The first-order valence-electron chi connectivity index (χ1n) is 9.79. The van der Waals surface area contributed by atoms with E-state index in [9.17, 15) is 19.0 Å². The van der Waals surface area contributed by atoms with Gasteiger partial charge in [-0.05, 0) is 54.5 Å². The van der Waals surface area contributed by atoms with Crippen molar-refractivity contribution < 1.29 is 27.8 Å². The molecule has 1 heterocycles. The molecule has 3 aromatic rings. The number of hydrogen-bond acceptors (Lipinski definition) is 4. The molecule has 31 heavy (non-hydrogen) atoms. The summed E-state index contributed by atoms with van der Waals surface area (Å²) < 4.78 is 61.1. The van der Waals surface area contributed by atoms with Gasteiger partial charge in [0.1, 0.15) is 30.0 Å². The fourth-order valence-electron chi connectivity index (χ4n) is 5.41. The number of halogens is 4. The lowest BCUT2D eigenvalue weighted by molar-refractivity contribution is -0.347. The molecular weight excluding hydrogens is 414 g/mol. The summed E-state index contributed by atoms with van der Waals surface area (Å²) in [7, 11) is 0. The van der Waals surface area contributed by atoms with Crippen LogP contribution in [0.4, 0.5) is 17.6 Å². The van der Waals surface area contributed by atoms with Crippen LogP contribution in [0.25, 0.3) is 0 Å². The maximum absolute atomic E-state index is 16.0. The lowest BCUT2D eigenvalue weighted by Crippen LogP contribution is -2.76. The van der Waals surface area contributed by atoms with Gasteiger partial charge in [0.2, 0.25) is 0 Å². The first-order valence-corrected chi connectivity index (χ1v) is 9.79. The van der Waals surface area contributed by atoms with Gasteiger partial charge in [-0.1, -0.05) is 12.1 Å². The summed E-state index contributed by atoms with van der Waals surface area (Å²) >= 11 is 0. The smallest absolute Gasteiger partial charge is 0.287 e. The van der Waals surface area contributed by atoms with Crippen LogP contribution in [0.2, 0.25) is 0 Å². The maximum Gasteiger partial charge on any atom is 0.287 e. The molecule has 3 fully saturated rings. The van der Waals surface area contributed by atoms with Crippen LogP contribution >= 0.6 is 0 Å². The molecule has 0 aliphatic heterocycles. The lowest BCUT2D eigenvalue weighted by atomic mass is 9.30. The van der Waals surface area contributed by atoms with Crippen LogP contribution in [0.15, 0.2) is 55.1 Å². The molecule has 3 saturated carbocycles. The van der Waals surface area contributed by atoms with Crippen molar-refractivity contribution in [2.24, 2.45) is 5.41 Å². The Morgan fingerprint density at radius 1 is 1.03 bits per heavy atom. The normalized spacial score (nSPS) is 26.6. The highest BCUT2D eigenvalue weighted by Gasteiger charge is 2.82. The van der Waals surface area contributed by atoms with E-state index in [4.69, 9.17) is 0 Å². The quantitative estimate of drug-likeness (QED) is 0.579. The summed E-state index contributed by atoms with van der Waals surface area (Å²) in [5.74, 6) is -5.82. The van der Waals surface area contributed by atoms with Crippen molar-refractivity contribution in [3.8, 4) is 5.75 Å². The largest absolute Gasteiger partial charge is 0.508 e. The van der Waals surface area contributed by atoms with Gasteiger partial charge in [0.05, 0.1) is 6.54 Å². The Morgan fingerprint density at radius 3 is 2.29 bits per heavy atom. The Labute approximate surface area is 175 Å². The Hall–Kier alpha value is -2.94. The number of aromatic nitrogens is 3. The SMILES string of the molecule is Oc1ccc(C23CC(C(F)(F)C(O)(Cn4cncn4)c4ccc(F)cc4F)(C2)C3)cc1. The Bertz CT molecular complexity index is 1110. The van der Waals surface area contributed by atoms with Crippen molar-refractivity contribution in [1.29, 1.82) is 0 Å². The second-order valence-electron chi connectivity index (χ2n) is 8.79. The monoisotopic (exact) mass is 433 g/mol. The van der Waals surface area contributed by atoms with E-state index in [0.717, 1.165) is 35.0 Å². The zero-order valence-corrected chi connectivity index (χ0v) is 16.3. The van der Waals surface area contributed by atoms with Crippen LogP contribution in [-0.4, -0.2) is 30.9 Å². The summed E-state index contributed by atoms with van der Waals surface area (Å²) in [5.41, 5.74) is -4.78. The predicted molar refractivity (Wildman–Crippen MR) is 101 cm³/mol. The predicted octanol–water partition coefficient (Wildman–Crippen LogP) is 3.91. The first kappa shape index (κ1) is 20.0. The van der Waals surface area contributed by atoms with Gasteiger partial charge in [0, 0.05) is 17.0 Å². The minimum absolute atomic E-state index is 0.0874. The molecule has 3 aliphatic carbocycles. The first-order chi connectivity index (χ1) is 14.6. The zero-order chi connectivity index (χ0) is 22.1. The van der Waals surface area contributed by atoms with Gasteiger partial charge >= 0.3 is 0 Å². The summed E-state index contributed by atoms with van der Waals surface area (Å²) in [6.07, 6.45) is 2.61. The van der Waals surface area contributed by atoms with Gasteiger partial charge in [-0.3, -0.25) is 0 Å². The number of hydrogen-bond donors (Lipinski definition) is 2. The summed E-state index contributed by atoms with van der Waals surface area (Å²) in [5, 5.41) is 24.6. The number of aromatic hydroxyl groups is 1. The number of rotatable bonds is 6. The minimum Gasteiger partial charge on any atom is -0.508 e. The molecule has 5 nitrogen and oxygen atoms in total. The highest BCUT2D eigenvalue weighted by Crippen LogP contribution is 2.80. The second-order valence-corrected chi connectivity index (χ2v) is 8.79. The Morgan fingerprint density at radius 2 is 1.71 bits per heavy atom. The van der Waals surface area contributed by atoms with E-state index >= 15 is 8.78 Å². The zero-order valence-electron chi connectivity index (χ0n) is 16.3. The van der Waals surface area contributed by atoms with Crippen molar-refractivity contribution in [2.45, 2.75) is 42.7 Å². The van der Waals surface area contributed by atoms with Crippen LogP contribution in [-0.2, 0) is 17.6 Å². The third kappa shape index (κ3) is 2.65. The van der Waals surface area contributed by atoms with Crippen LogP contribution in [0, 0.1) is 17.0 Å². The molecule has 0 amide bonds. The second kappa shape index (κ2) is 6.29. The summed E-state index contributed by atoms with van der Waals surface area (Å²) in [6.45, 7) is -0.740. The maximum atomic E-state index is 16.0. The third-order valence-corrected chi connectivity index (χ3v) is 6.93. The highest BCUT2D eigenvalue weighted by atomic mass is 19.3. The third-order valence-electron chi connectivity index (χ3n) is 6.93. The van der Waals surface area contributed by atoms with Crippen LogP contribution in [0.5, 0.6) is 5.75 Å². The number of benzene rings is 2. The van der Waals surface area contributed by atoms with E-state index in [-0.39, 0.29) is 25.0 Å². The number of alkyl halides is 2. The van der Waals surface area contributed by atoms with Crippen LogP contribution < -0.4 is 0 Å². The Kier molecular flexibility index (Phi) is 4.05. The molecular formula is C22H19F4N3O2. The molecule has 1 aromatic heterocycles. The van der Waals surface area contributed by atoms with Gasteiger partial charge in [0.25, 0.3) is 5.92 Å². The molecule has 3 aliphatic rings. The van der Waals surface area contributed by atoms with E-state index < -0.39 is 46.1 Å². The Balaban J connectivity index is 1.52.